The molecule has 3 aromatic heterocycles. The molecule has 2 N–H and O–H groups in total. The van der Waals surface area contributed by atoms with Crippen LogP contribution in [0.15, 0.2) is 45.3 Å². The second kappa shape index (κ2) is 11.1. The van der Waals surface area contributed by atoms with E-state index in [1.807, 2.05) is 30.7 Å². The maximum Gasteiger partial charge on any atom is 0.191 e. The number of aliphatic imine (C=N–C) groups is 1. The molecule has 3 aromatic rings. The third kappa shape index (κ3) is 6.65. The van der Waals surface area contributed by atoms with Gasteiger partial charge in [-0.1, -0.05) is 6.07 Å². The van der Waals surface area contributed by atoms with E-state index in [2.05, 4.69) is 43.3 Å². The maximum absolute atomic E-state index is 5.37. The van der Waals surface area contributed by atoms with Gasteiger partial charge in [0, 0.05) is 31.4 Å². The van der Waals surface area contributed by atoms with Crippen LogP contribution in [0.4, 0.5) is 0 Å². The molecule has 0 unspecified atom stereocenters. The predicted octanol–water partition coefficient (Wildman–Crippen LogP) is 2.92. The van der Waals surface area contributed by atoms with Gasteiger partial charge in [-0.2, -0.15) is 0 Å². The van der Waals surface area contributed by atoms with Crippen molar-refractivity contribution >= 4 is 41.3 Å². The maximum atomic E-state index is 5.37. The van der Waals surface area contributed by atoms with E-state index in [-0.39, 0.29) is 24.0 Å². The van der Waals surface area contributed by atoms with Gasteiger partial charge in [0.2, 0.25) is 0 Å². The average molecular weight is 500 g/mol. The lowest BCUT2D eigenvalue weighted by molar-refractivity contribution is 0.506. The number of furan rings is 1. The van der Waals surface area contributed by atoms with E-state index >= 15 is 0 Å². The molecule has 0 aliphatic heterocycles. The molecule has 7 nitrogen and oxygen atoms in total. The second-order valence-corrected chi connectivity index (χ2v) is 6.93. The number of guanidine groups is 1. The lowest BCUT2D eigenvalue weighted by Gasteiger charge is -2.12. The minimum absolute atomic E-state index is 0. The smallest absolute Gasteiger partial charge is 0.191 e. The summed E-state index contributed by atoms with van der Waals surface area (Å²) in [4.78, 5) is 6.01. The Hall–Kier alpha value is -1.88. The summed E-state index contributed by atoms with van der Waals surface area (Å²) in [7, 11) is 1.95. The second-order valence-electron chi connectivity index (χ2n) is 5.90. The highest BCUT2D eigenvalue weighted by atomic mass is 127. The highest BCUT2D eigenvalue weighted by molar-refractivity contribution is 14.0. The fourth-order valence-electron chi connectivity index (χ4n) is 2.43. The summed E-state index contributed by atoms with van der Waals surface area (Å²) in [6, 6.07) is 8.11. The van der Waals surface area contributed by atoms with E-state index < -0.39 is 0 Å². The van der Waals surface area contributed by atoms with Gasteiger partial charge in [-0.3, -0.25) is 0 Å². The topological polar surface area (TPSA) is 80.3 Å². The van der Waals surface area contributed by atoms with E-state index in [1.54, 1.807) is 17.6 Å². The molecule has 146 valence electrons. The monoisotopic (exact) mass is 500 g/mol. The number of thiophene rings is 1. The van der Waals surface area contributed by atoms with Crippen LogP contribution < -0.4 is 10.6 Å². The molecule has 0 atom stereocenters. The molecule has 27 heavy (non-hydrogen) atoms. The molecule has 0 aromatic carbocycles. The van der Waals surface area contributed by atoms with Crippen molar-refractivity contribution in [1.29, 1.82) is 0 Å². The Kier molecular flexibility index (Phi) is 8.79. The normalized spacial score (nSPS) is 11.3. The molecular weight excluding hydrogens is 475 g/mol. The van der Waals surface area contributed by atoms with Gasteiger partial charge < -0.3 is 19.6 Å². The van der Waals surface area contributed by atoms with E-state index in [0.717, 1.165) is 49.3 Å². The lowest BCUT2D eigenvalue weighted by Crippen LogP contribution is -2.39. The van der Waals surface area contributed by atoms with Crippen molar-refractivity contribution in [2.24, 2.45) is 12.0 Å². The van der Waals surface area contributed by atoms with E-state index in [0.29, 0.717) is 6.54 Å². The minimum atomic E-state index is 0. The number of nitrogens with one attached hydrogen (secondary N) is 2. The summed E-state index contributed by atoms with van der Waals surface area (Å²) in [5, 5.41) is 17.1. The van der Waals surface area contributed by atoms with Gasteiger partial charge in [-0.05, 0) is 36.9 Å². The first-order valence-electron chi connectivity index (χ1n) is 8.64. The van der Waals surface area contributed by atoms with Gasteiger partial charge in [0.05, 0.1) is 6.26 Å². The van der Waals surface area contributed by atoms with Crippen molar-refractivity contribution in [2.75, 3.05) is 13.1 Å². The van der Waals surface area contributed by atoms with Crippen molar-refractivity contribution in [3.8, 4) is 0 Å². The summed E-state index contributed by atoms with van der Waals surface area (Å²) in [5.41, 5.74) is 0. The third-order valence-electron chi connectivity index (χ3n) is 4.05. The van der Waals surface area contributed by atoms with E-state index in [9.17, 15) is 0 Å². The van der Waals surface area contributed by atoms with Crippen LogP contribution in [0.2, 0.25) is 0 Å². The Labute approximate surface area is 180 Å². The number of hydrogen-bond donors (Lipinski definition) is 2. The number of aryl methyl sites for hydroxylation is 1. The van der Waals surface area contributed by atoms with Gasteiger partial charge in [-0.15, -0.1) is 45.5 Å². The Morgan fingerprint density at radius 1 is 1.19 bits per heavy atom. The first-order valence-corrected chi connectivity index (χ1v) is 9.52. The van der Waals surface area contributed by atoms with Crippen molar-refractivity contribution in [3.05, 3.63) is 58.2 Å². The van der Waals surface area contributed by atoms with Gasteiger partial charge in [0.15, 0.2) is 11.8 Å². The van der Waals surface area contributed by atoms with Crippen LogP contribution in [0.5, 0.6) is 0 Å². The molecule has 0 aliphatic rings. The standard InChI is InChI=1S/C18H24N6OS.HI/c1-14-22-23-17(24(14)2)13-21-18(19-9-7-15-5-3-11-25-15)20-10-8-16-6-4-12-26-16;/h3-6,11-12H,7-10,13H2,1-2H3,(H2,19,20,21);1H. The molecule has 0 saturated heterocycles. The molecule has 0 fully saturated rings. The van der Waals surface area contributed by atoms with Crippen LogP contribution in [0, 0.1) is 6.92 Å². The number of hydrogen-bond acceptors (Lipinski definition) is 5. The summed E-state index contributed by atoms with van der Waals surface area (Å²) in [5.74, 6) is 3.45. The molecule has 3 heterocycles. The van der Waals surface area contributed by atoms with Crippen LogP contribution in [-0.4, -0.2) is 33.8 Å². The number of nitrogens with zero attached hydrogens (tertiary/aromatic N) is 4. The molecule has 0 amide bonds. The fraction of sp³-hybridized carbons (Fsp3) is 0.389. The Balaban J connectivity index is 0.00000261. The number of rotatable bonds is 8. The van der Waals surface area contributed by atoms with Gasteiger partial charge >= 0.3 is 0 Å². The lowest BCUT2D eigenvalue weighted by atomic mass is 10.3. The van der Waals surface area contributed by atoms with Gasteiger partial charge in [0.1, 0.15) is 18.1 Å². The van der Waals surface area contributed by atoms with Crippen LogP contribution in [0.25, 0.3) is 0 Å². The van der Waals surface area contributed by atoms with E-state index in [1.165, 1.54) is 4.88 Å². The Bertz CT molecular complexity index is 771. The van der Waals surface area contributed by atoms with Gasteiger partial charge in [-0.25, -0.2) is 4.99 Å². The van der Waals surface area contributed by atoms with Crippen LogP contribution in [0.3, 0.4) is 0 Å². The molecule has 9 heteroatoms. The zero-order chi connectivity index (χ0) is 18.2. The van der Waals surface area contributed by atoms with Crippen LogP contribution in [0.1, 0.15) is 22.3 Å². The van der Waals surface area contributed by atoms with Crippen LogP contribution in [-0.2, 0) is 26.4 Å². The van der Waals surface area contributed by atoms with Crippen molar-refractivity contribution in [2.45, 2.75) is 26.3 Å². The highest BCUT2D eigenvalue weighted by Crippen LogP contribution is 2.08. The molecule has 0 aliphatic carbocycles. The third-order valence-corrected chi connectivity index (χ3v) is 4.99. The first-order chi connectivity index (χ1) is 12.7. The quantitative estimate of drug-likeness (QED) is 0.283. The van der Waals surface area contributed by atoms with Crippen molar-refractivity contribution in [1.82, 2.24) is 25.4 Å². The SMILES string of the molecule is Cc1nnc(CN=C(NCCc2ccco2)NCCc2cccs2)n1C.I. The highest BCUT2D eigenvalue weighted by Gasteiger charge is 2.06. The molecule has 0 spiro atoms. The number of halogens is 1. The molecule has 3 rings (SSSR count). The zero-order valence-corrected chi connectivity index (χ0v) is 18.7. The predicted molar refractivity (Wildman–Crippen MR) is 119 cm³/mol. The first kappa shape index (κ1) is 21.4. The molecule has 0 radical (unpaired) electrons. The van der Waals surface area contributed by atoms with Crippen molar-refractivity contribution < 1.29 is 4.42 Å². The summed E-state index contributed by atoms with van der Waals surface area (Å²) in [6.45, 7) is 3.98. The molecular formula is C18H25IN6OS. The van der Waals surface area contributed by atoms with Gasteiger partial charge in [0.25, 0.3) is 0 Å². The van der Waals surface area contributed by atoms with E-state index in [4.69, 9.17) is 4.42 Å². The minimum Gasteiger partial charge on any atom is -0.469 e. The zero-order valence-electron chi connectivity index (χ0n) is 15.5. The molecule has 0 saturated carbocycles. The molecule has 0 bridgehead atoms. The average Bonchev–Trinajstić information content (AvgIpc) is 3.38. The Morgan fingerprint density at radius 3 is 2.63 bits per heavy atom. The number of aromatic nitrogens is 3. The summed E-state index contributed by atoms with van der Waals surface area (Å²) < 4.78 is 7.33. The summed E-state index contributed by atoms with van der Waals surface area (Å²) >= 11 is 1.77. The Morgan fingerprint density at radius 2 is 2.00 bits per heavy atom. The summed E-state index contributed by atoms with van der Waals surface area (Å²) in [6.07, 6.45) is 3.47. The van der Waals surface area contributed by atoms with Crippen LogP contribution >= 0.6 is 35.3 Å². The van der Waals surface area contributed by atoms with Crippen molar-refractivity contribution in [3.63, 3.8) is 0 Å². The largest absolute Gasteiger partial charge is 0.469 e. The fourth-order valence-corrected chi connectivity index (χ4v) is 3.14.